The van der Waals surface area contributed by atoms with Gasteiger partial charge in [-0.1, -0.05) is 36.4 Å². The number of halogens is 1. The third-order valence-electron chi connectivity index (χ3n) is 5.15. The van der Waals surface area contributed by atoms with Crippen molar-refractivity contribution in [3.05, 3.63) is 87.8 Å². The highest BCUT2D eigenvalue weighted by Gasteiger charge is 2.36. The van der Waals surface area contributed by atoms with Gasteiger partial charge >= 0.3 is 0 Å². The number of carbonyl (C=O) groups is 1. The van der Waals surface area contributed by atoms with Crippen molar-refractivity contribution in [1.82, 2.24) is 14.9 Å². The van der Waals surface area contributed by atoms with Gasteiger partial charge in [-0.25, -0.2) is 9.37 Å². The number of nitrogens with one attached hydrogen (secondary N) is 1. The molecule has 0 saturated heterocycles. The maximum atomic E-state index is 14.7. The number of fused-ring (bicyclic) bond motifs is 3. The highest BCUT2D eigenvalue weighted by Crippen LogP contribution is 2.39. The molecule has 0 saturated carbocycles. The number of H-pyrrole nitrogens is 1. The van der Waals surface area contributed by atoms with Crippen molar-refractivity contribution in [1.29, 1.82) is 0 Å². The first-order chi connectivity index (χ1) is 13.2. The molecule has 0 spiro atoms. The van der Waals surface area contributed by atoms with E-state index in [2.05, 4.69) is 16.0 Å². The monoisotopic (exact) mass is 377 g/mol. The van der Waals surface area contributed by atoms with Crippen LogP contribution in [0.3, 0.4) is 0 Å². The minimum atomic E-state index is -0.503. The number of aromatic nitrogens is 2. The van der Waals surface area contributed by atoms with E-state index in [1.165, 1.54) is 17.4 Å². The number of hydrogen-bond acceptors (Lipinski definition) is 3. The zero-order valence-corrected chi connectivity index (χ0v) is 15.2. The average Bonchev–Trinajstić information content (AvgIpc) is 3.35. The molecule has 134 valence electrons. The molecular weight excluding hydrogens is 361 g/mol. The van der Waals surface area contributed by atoms with Gasteiger partial charge in [0.15, 0.2) is 0 Å². The van der Waals surface area contributed by atoms with E-state index < -0.39 is 6.04 Å². The van der Waals surface area contributed by atoms with Gasteiger partial charge in [-0.15, -0.1) is 11.3 Å². The molecule has 6 heteroatoms. The van der Waals surface area contributed by atoms with Gasteiger partial charge in [0.05, 0.1) is 5.51 Å². The van der Waals surface area contributed by atoms with E-state index in [4.69, 9.17) is 0 Å². The molecule has 3 heterocycles. The lowest BCUT2D eigenvalue weighted by molar-refractivity contribution is 0.0684. The largest absolute Gasteiger partial charge is 0.356 e. The summed E-state index contributed by atoms with van der Waals surface area (Å²) in [5.74, 6) is -0.487. The predicted octanol–water partition coefficient (Wildman–Crippen LogP) is 4.55. The van der Waals surface area contributed by atoms with E-state index >= 15 is 0 Å². The molecule has 0 bridgehead atoms. The van der Waals surface area contributed by atoms with Crippen LogP contribution in [-0.2, 0) is 6.42 Å². The summed E-state index contributed by atoms with van der Waals surface area (Å²) in [6, 6.07) is 14.2. The van der Waals surface area contributed by atoms with Gasteiger partial charge in [0.2, 0.25) is 0 Å². The van der Waals surface area contributed by atoms with Crippen molar-refractivity contribution in [2.45, 2.75) is 12.5 Å². The molecule has 1 amide bonds. The quantitative estimate of drug-likeness (QED) is 0.557. The minimum Gasteiger partial charge on any atom is -0.356 e. The van der Waals surface area contributed by atoms with Gasteiger partial charge in [-0.05, 0) is 24.1 Å². The Balaban J connectivity index is 1.71. The Bertz CT molecular complexity index is 1140. The molecule has 1 aliphatic rings. The normalized spacial score (nSPS) is 16.5. The highest BCUT2D eigenvalue weighted by molar-refractivity contribution is 7.07. The molecule has 1 aliphatic heterocycles. The molecule has 4 aromatic rings. The number of carbonyl (C=O) groups excluding carboxylic acids is 1. The first-order valence-corrected chi connectivity index (χ1v) is 9.71. The van der Waals surface area contributed by atoms with Crippen molar-refractivity contribution in [2.24, 2.45) is 0 Å². The molecule has 1 N–H and O–H groups in total. The van der Waals surface area contributed by atoms with Crippen LogP contribution in [0.4, 0.5) is 4.39 Å². The fraction of sp³-hybridized carbons (Fsp3) is 0.143. The van der Waals surface area contributed by atoms with Crippen LogP contribution in [0, 0.1) is 5.82 Å². The first-order valence-electron chi connectivity index (χ1n) is 8.77. The number of aromatic amines is 1. The van der Waals surface area contributed by atoms with Crippen molar-refractivity contribution >= 4 is 28.1 Å². The molecule has 5 rings (SSSR count). The highest BCUT2D eigenvalue weighted by atomic mass is 32.1. The van der Waals surface area contributed by atoms with E-state index in [1.807, 2.05) is 18.2 Å². The van der Waals surface area contributed by atoms with Crippen LogP contribution >= 0.6 is 11.3 Å². The molecular formula is C21H16FN3OS. The van der Waals surface area contributed by atoms with Crippen molar-refractivity contribution in [2.75, 3.05) is 6.54 Å². The summed E-state index contributed by atoms with van der Waals surface area (Å²) in [5.41, 5.74) is 5.59. The first kappa shape index (κ1) is 16.2. The second kappa shape index (κ2) is 6.32. The molecule has 0 aliphatic carbocycles. The zero-order chi connectivity index (χ0) is 18.4. The van der Waals surface area contributed by atoms with Gasteiger partial charge in [0.25, 0.3) is 5.91 Å². The van der Waals surface area contributed by atoms with Crippen LogP contribution in [0.25, 0.3) is 10.9 Å². The predicted molar refractivity (Wildman–Crippen MR) is 103 cm³/mol. The Labute approximate surface area is 159 Å². The summed E-state index contributed by atoms with van der Waals surface area (Å²) in [6.45, 7) is 0.518. The third-order valence-corrected chi connectivity index (χ3v) is 5.73. The second-order valence-electron chi connectivity index (χ2n) is 6.61. The lowest BCUT2D eigenvalue weighted by Gasteiger charge is -2.36. The van der Waals surface area contributed by atoms with Gasteiger partial charge < -0.3 is 9.88 Å². The van der Waals surface area contributed by atoms with Crippen LogP contribution in [-0.4, -0.2) is 27.3 Å². The Kier molecular flexibility index (Phi) is 3.79. The number of amides is 1. The van der Waals surface area contributed by atoms with Crippen molar-refractivity contribution in [3.8, 4) is 0 Å². The van der Waals surface area contributed by atoms with Crippen LogP contribution in [0.1, 0.15) is 33.4 Å². The number of thiazole rings is 1. The summed E-state index contributed by atoms with van der Waals surface area (Å²) in [5, 5.41) is 2.87. The number of hydrogen-bond donors (Lipinski definition) is 1. The van der Waals surface area contributed by atoms with E-state index in [1.54, 1.807) is 34.0 Å². The van der Waals surface area contributed by atoms with Crippen LogP contribution in [0.5, 0.6) is 0 Å². The number of para-hydroxylation sites is 1. The van der Waals surface area contributed by atoms with Gasteiger partial charge in [0, 0.05) is 34.1 Å². The van der Waals surface area contributed by atoms with Crippen molar-refractivity contribution < 1.29 is 9.18 Å². The lowest BCUT2D eigenvalue weighted by Crippen LogP contribution is -2.41. The molecule has 0 unspecified atom stereocenters. The topological polar surface area (TPSA) is 49.0 Å². The second-order valence-corrected chi connectivity index (χ2v) is 7.33. The van der Waals surface area contributed by atoms with E-state index in [0.717, 1.165) is 28.6 Å². The number of nitrogens with zero attached hydrogens (tertiary/aromatic N) is 2. The Morgan fingerprint density at radius 2 is 2.00 bits per heavy atom. The summed E-state index contributed by atoms with van der Waals surface area (Å²) in [7, 11) is 0. The molecule has 4 nitrogen and oxygen atoms in total. The molecule has 0 fully saturated rings. The fourth-order valence-electron chi connectivity index (χ4n) is 3.95. The van der Waals surface area contributed by atoms with Crippen LogP contribution in [0.2, 0.25) is 0 Å². The van der Waals surface area contributed by atoms with Crippen molar-refractivity contribution in [3.63, 3.8) is 0 Å². The smallest absolute Gasteiger partial charge is 0.274 e. The molecule has 2 aromatic heterocycles. The Morgan fingerprint density at radius 3 is 2.81 bits per heavy atom. The van der Waals surface area contributed by atoms with Gasteiger partial charge in [0.1, 0.15) is 17.6 Å². The number of rotatable bonds is 2. The van der Waals surface area contributed by atoms with Gasteiger partial charge in [-0.3, -0.25) is 4.79 Å². The SMILES string of the molecule is O=C(c1cscn1)N1CCc2c([nH]c3ccccc23)[C@@H]1c1ccccc1F. The maximum absolute atomic E-state index is 14.7. The Hall–Kier alpha value is -2.99. The molecule has 27 heavy (non-hydrogen) atoms. The third kappa shape index (κ3) is 2.56. The van der Waals surface area contributed by atoms with Crippen LogP contribution < -0.4 is 0 Å². The summed E-state index contributed by atoms with van der Waals surface area (Å²) in [4.78, 5) is 22.4. The zero-order valence-electron chi connectivity index (χ0n) is 14.4. The lowest BCUT2D eigenvalue weighted by atomic mass is 9.92. The fourth-order valence-corrected chi connectivity index (χ4v) is 4.47. The average molecular weight is 377 g/mol. The number of benzene rings is 2. The molecule has 2 aromatic carbocycles. The summed E-state index contributed by atoms with van der Waals surface area (Å²) < 4.78 is 14.7. The van der Waals surface area contributed by atoms with E-state index in [0.29, 0.717) is 17.8 Å². The van der Waals surface area contributed by atoms with Crippen LogP contribution in [0.15, 0.2) is 59.4 Å². The Morgan fingerprint density at radius 1 is 1.19 bits per heavy atom. The molecule has 1 atom stereocenters. The summed E-state index contributed by atoms with van der Waals surface area (Å²) in [6.07, 6.45) is 0.722. The molecule has 0 radical (unpaired) electrons. The summed E-state index contributed by atoms with van der Waals surface area (Å²) >= 11 is 1.38. The van der Waals surface area contributed by atoms with E-state index in [9.17, 15) is 9.18 Å². The van der Waals surface area contributed by atoms with E-state index in [-0.39, 0.29) is 11.7 Å². The minimum absolute atomic E-state index is 0.172. The standard InChI is InChI=1S/C21H16FN3OS/c22-16-7-3-1-6-15(16)20-19-14(13-5-2-4-8-17(13)24-19)9-10-25(20)21(26)18-11-27-12-23-18/h1-8,11-12,20,24H,9-10H2/t20-/m0/s1. The van der Waals surface area contributed by atoms with Gasteiger partial charge in [-0.2, -0.15) is 0 Å². The maximum Gasteiger partial charge on any atom is 0.274 e.